The van der Waals surface area contributed by atoms with Crippen LogP contribution >= 0.6 is 0 Å². The summed E-state index contributed by atoms with van der Waals surface area (Å²) >= 11 is 0. The standard InChI is InChI=1S/C18H28N2O3S/c1-4-14(3)20-24(22,23)17-10-8-15(9-11-17)18(21)19-16-7-5-6-13(2)12-16/h8-11,13-14,16,20H,4-7,12H2,1-3H3,(H,19,21)/t13-,14-,16+/m1/s1. The molecule has 1 saturated carbocycles. The van der Waals surface area contributed by atoms with Gasteiger partial charge in [0.25, 0.3) is 5.91 Å². The third kappa shape index (κ3) is 5.05. The van der Waals surface area contributed by atoms with Gasteiger partial charge in [0.15, 0.2) is 0 Å². The number of benzene rings is 1. The molecular formula is C18H28N2O3S. The van der Waals surface area contributed by atoms with Crippen LogP contribution in [0.15, 0.2) is 29.2 Å². The van der Waals surface area contributed by atoms with Gasteiger partial charge in [-0.05, 0) is 56.4 Å². The second-order valence-corrected chi connectivity index (χ2v) is 8.61. The van der Waals surface area contributed by atoms with Crippen LogP contribution in [-0.4, -0.2) is 26.4 Å². The van der Waals surface area contributed by atoms with Gasteiger partial charge >= 0.3 is 0 Å². The van der Waals surface area contributed by atoms with Crippen LogP contribution in [0.2, 0.25) is 0 Å². The molecule has 0 spiro atoms. The van der Waals surface area contributed by atoms with E-state index in [-0.39, 0.29) is 22.9 Å². The summed E-state index contributed by atoms with van der Waals surface area (Å²) in [5.74, 6) is 0.510. The maximum Gasteiger partial charge on any atom is 0.251 e. The lowest BCUT2D eigenvalue weighted by Gasteiger charge is -2.27. The van der Waals surface area contributed by atoms with E-state index in [1.54, 1.807) is 12.1 Å². The van der Waals surface area contributed by atoms with Crippen LogP contribution in [0, 0.1) is 5.92 Å². The number of hydrogen-bond acceptors (Lipinski definition) is 3. The Bertz CT molecular complexity index is 655. The molecule has 0 radical (unpaired) electrons. The second-order valence-electron chi connectivity index (χ2n) is 6.90. The molecule has 5 nitrogen and oxygen atoms in total. The van der Waals surface area contributed by atoms with Gasteiger partial charge in [0.05, 0.1) is 4.90 Å². The molecule has 24 heavy (non-hydrogen) atoms. The Morgan fingerprint density at radius 3 is 2.50 bits per heavy atom. The Hall–Kier alpha value is -1.40. The molecule has 1 aromatic carbocycles. The van der Waals surface area contributed by atoms with E-state index in [2.05, 4.69) is 17.0 Å². The fourth-order valence-corrected chi connectivity index (χ4v) is 4.36. The summed E-state index contributed by atoms with van der Waals surface area (Å²) in [4.78, 5) is 12.5. The van der Waals surface area contributed by atoms with E-state index < -0.39 is 10.0 Å². The van der Waals surface area contributed by atoms with Gasteiger partial charge in [0.2, 0.25) is 10.0 Å². The van der Waals surface area contributed by atoms with Gasteiger partial charge in [-0.25, -0.2) is 13.1 Å². The average molecular weight is 353 g/mol. The molecule has 3 atom stereocenters. The quantitative estimate of drug-likeness (QED) is 0.826. The van der Waals surface area contributed by atoms with Crippen molar-refractivity contribution >= 4 is 15.9 Å². The van der Waals surface area contributed by atoms with E-state index in [0.29, 0.717) is 11.5 Å². The van der Waals surface area contributed by atoms with E-state index in [1.807, 2.05) is 13.8 Å². The van der Waals surface area contributed by atoms with Crippen LogP contribution in [-0.2, 0) is 10.0 Å². The summed E-state index contributed by atoms with van der Waals surface area (Å²) in [5.41, 5.74) is 0.496. The number of rotatable bonds is 6. The number of carbonyl (C=O) groups is 1. The largest absolute Gasteiger partial charge is 0.349 e. The van der Waals surface area contributed by atoms with Crippen molar-refractivity contribution in [2.45, 2.75) is 69.9 Å². The van der Waals surface area contributed by atoms with Crippen LogP contribution in [0.1, 0.15) is 63.2 Å². The van der Waals surface area contributed by atoms with Gasteiger partial charge in [0, 0.05) is 17.6 Å². The molecule has 1 fully saturated rings. The number of sulfonamides is 1. The molecule has 2 rings (SSSR count). The number of amides is 1. The van der Waals surface area contributed by atoms with Crippen LogP contribution in [0.5, 0.6) is 0 Å². The first kappa shape index (κ1) is 18.9. The lowest BCUT2D eigenvalue weighted by molar-refractivity contribution is 0.0921. The van der Waals surface area contributed by atoms with Crippen molar-refractivity contribution in [3.05, 3.63) is 29.8 Å². The molecule has 0 saturated heterocycles. The third-order valence-electron chi connectivity index (χ3n) is 4.67. The summed E-state index contributed by atoms with van der Waals surface area (Å²) in [6.07, 6.45) is 5.12. The first-order valence-corrected chi connectivity index (χ1v) is 10.2. The number of hydrogen-bond donors (Lipinski definition) is 2. The Morgan fingerprint density at radius 2 is 1.92 bits per heavy atom. The van der Waals surface area contributed by atoms with Gasteiger partial charge in [-0.2, -0.15) is 0 Å². The second kappa shape index (κ2) is 8.12. The molecule has 1 aliphatic rings. The summed E-state index contributed by atoms with van der Waals surface area (Å²) in [6, 6.07) is 6.23. The van der Waals surface area contributed by atoms with E-state index in [0.717, 1.165) is 25.7 Å². The molecule has 0 aliphatic heterocycles. The van der Waals surface area contributed by atoms with Crippen LogP contribution in [0.3, 0.4) is 0 Å². The van der Waals surface area contributed by atoms with Crippen molar-refractivity contribution in [3.63, 3.8) is 0 Å². The zero-order chi connectivity index (χ0) is 17.7. The minimum Gasteiger partial charge on any atom is -0.349 e. The lowest BCUT2D eigenvalue weighted by Crippen LogP contribution is -2.38. The molecule has 0 heterocycles. The highest BCUT2D eigenvalue weighted by atomic mass is 32.2. The fourth-order valence-electron chi connectivity index (χ4n) is 3.04. The zero-order valence-electron chi connectivity index (χ0n) is 14.7. The van der Waals surface area contributed by atoms with Crippen LogP contribution < -0.4 is 10.0 Å². The molecule has 134 valence electrons. The topological polar surface area (TPSA) is 75.3 Å². The third-order valence-corrected chi connectivity index (χ3v) is 6.27. The summed E-state index contributed by atoms with van der Waals surface area (Å²) < 4.78 is 27.1. The van der Waals surface area contributed by atoms with Crippen LogP contribution in [0.25, 0.3) is 0 Å². The highest BCUT2D eigenvalue weighted by molar-refractivity contribution is 7.89. The maximum absolute atomic E-state index is 12.3. The highest BCUT2D eigenvalue weighted by Gasteiger charge is 2.21. The monoisotopic (exact) mass is 352 g/mol. The molecule has 0 unspecified atom stereocenters. The molecular weight excluding hydrogens is 324 g/mol. The molecule has 0 bridgehead atoms. The van der Waals surface area contributed by atoms with Crippen molar-refractivity contribution in [2.75, 3.05) is 0 Å². The van der Waals surface area contributed by atoms with Gasteiger partial charge in [0.1, 0.15) is 0 Å². The normalized spacial score (nSPS) is 22.8. The number of carbonyl (C=O) groups excluding carboxylic acids is 1. The van der Waals surface area contributed by atoms with E-state index in [4.69, 9.17) is 0 Å². The average Bonchev–Trinajstić information content (AvgIpc) is 2.54. The summed E-state index contributed by atoms with van der Waals surface area (Å²) in [5, 5.41) is 3.06. The highest BCUT2D eigenvalue weighted by Crippen LogP contribution is 2.23. The first-order chi connectivity index (χ1) is 11.3. The lowest BCUT2D eigenvalue weighted by atomic mass is 9.87. The minimum atomic E-state index is -3.53. The molecule has 1 amide bonds. The van der Waals surface area contributed by atoms with Crippen molar-refractivity contribution in [2.24, 2.45) is 5.92 Å². The molecule has 0 aromatic heterocycles. The van der Waals surface area contributed by atoms with Crippen molar-refractivity contribution < 1.29 is 13.2 Å². The predicted molar refractivity (Wildman–Crippen MR) is 95.4 cm³/mol. The molecule has 6 heteroatoms. The maximum atomic E-state index is 12.3. The zero-order valence-corrected chi connectivity index (χ0v) is 15.5. The van der Waals surface area contributed by atoms with E-state index in [1.165, 1.54) is 18.6 Å². The van der Waals surface area contributed by atoms with Crippen LogP contribution in [0.4, 0.5) is 0 Å². The molecule has 1 aromatic rings. The smallest absolute Gasteiger partial charge is 0.251 e. The van der Waals surface area contributed by atoms with Crippen molar-refractivity contribution in [3.8, 4) is 0 Å². The first-order valence-electron chi connectivity index (χ1n) is 8.75. The van der Waals surface area contributed by atoms with Gasteiger partial charge in [-0.3, -0.25) is 4.79 Å². The number of nitrogens with one attached hydrogen (secondary N) is 2. The Balaban J connectivity index is 2.02. The van der Waals surface area contributed by atoms with Gasteiger partial charge < -0.3 is 5.32 Å². The van der Waals surface area contributed by atoms with Crippen molar-refractivity contribution in [1.29, 1.82) is 0 Å². The van der Waals surface area contributed by atoms with Gasteiger partial charge in [-0.15, -0.1) is 0 Å². The fraction of sp³-hybridized carbons (Fsp3) is 0.611. The van der Waals surface area contributed by atoms with Crippen molar-refractivity contribution in [1.82, 2.24) is 10.0 Å². The predicted octanol–water partition coefficient (Wildman–Crippen LogP) is 3.07. The molecule has 2 N–H and O–H groups in total. The Labute approximate surface area is 145 Å². The summed E-state index contributed by atoms with van der Waals surface area (Å²) in [7, 11) is -3.53. The SMILES string of the molecule is CC[C@@H](C)NS(=O)(=O)c1ccc(C(=O)N[C@H]2CCC[C@@H](C)C2)cc1. The Morgan fingerprint density at radius 1 is 1.25 bits per heavy atom. The summed E-state index contributed by atoms with van der Waals surface area (Å²) in [6.45, 7) is 5.96. The minimum absolute atomic E-state index is 0.119. The van der Waals surface area contributed by atoms with E-state index in [9.17, 15) is 13.2 Å². The van der Waals surface area contributed by atoms with Gasteiger partial charge in [-0.1, -0.05) is 26.7 Å². The Kier molecular flexibility index (Phi) is 6.40. The molecule has 1 aliphatic carbocycles. The van der Waals surface area contributed by atoms with E-state index >= 15 is 0 Å².